The predicted molar refractivity (Wildman–Crippen MR) is 58.0 cm³/mol. The molecule has 1 atom stereocenters. The van der Waals surface area contributed by atoms with Crippen molar-refractivity contribution in [3.05, 3.63) is 34.9 Å². The number of hydrogen-bond acceptors (Lipinski definition) is 3. The first-order valence-corrected chi connectivity index (χ1v) is 5.42. The van der Waals surface area contributed by atoms with Crippen molar-refractivity contribution in [3.63, 3.8) is 0 Å². The average Bonchev–Trinajstić information content (AvgIpc) is 2.35. The first-order valence-electron chi connectivity index (χ1n) is 5.42. The van der Waals surface area contributed by atoms with Crippen molar-refractivity contribution in [2.45, 2.75) is 13.0 Å². The summed E-state index contributed by atoms with van der Waals surface area (Å²) in [5.41, 5.74) is -0.253. The maximum Gasteiger partial charge on any atom is 0.198 e. The van der Waals surface area contributed by atoms with E-state index in [0.29, 0.717) is 13.2 Å². The number of halogens is 2. The standard InChI is InChI=1S/C12H13F2NO2/c1-7-2-3-8(13)10(11(7)14)12(16)9-6-15-4-5-17-9/h2-3,9,15H,4-6H2,1H3. The molecule has 17 heavy (non-hydrogen) atoms. The van der Waals surface area contributed by atoms with Gasteiger partial charge >= 0.3 is 0 Å². The van der Waals surface area contributed by atoms with E-state index in [0.717, 1.165) is 6.07 Å². The van der Waals surface area contributed by atoms with Crippen molar-refractivity contribution >= 4 is 5.78 Å². The number of morpholine rings is 1. The van der Waals surface area contributed by atoms with Gasteiger partial charge in [-0.05, 0) is 18.6 Å². The van der Waals surface area contributed by atoms with Gasteiger partial charge < -0.3 is 10.1 Å². The zero-order valence-electron chi connectivity index (χ0n) is 9.43. The fraction of sp³-hybridized carbons (Fsp3) is 0.417. The van der Waals surface area contributed by atoms with E-state index in [-0.39, 0.29) is 12.1 Å². The summed E-state index contributed by atoms with van der Waals surface area (Å²) >= 11 is 0. The maximum absolute atomic E-state index is 13.7. The summed E-state index contributed by atoms with van der Waals surface area (Å²) in [6.07, 6.45) is -0.811. The second kappa shape index (κ2) is 4.89. The number of nitrogens with one attached hydrogen (secondary N) is 1. The Kier molecular flexibility index (Phi) is 3.49. The minimum atomic E-state index is -0.840. The fourth-order valence-electron chi connectivity index (χ4n) is 1.78. The lowest BCUT2D eigenvalue weighted by Crippen LogP contribution is -2.43. The SMILES string of the molecule is Cc1ccc(F)c(C(=O)C2CNCCO2)c1F. The summed E-state index contributed by atoms with van der Waals surface area (Å²) in [5, 5.41) is 2.95. The molecule has 1 aromatic rings. The lowest BCUT2D eigenvalue weighted by Gasteiger charge is -2.22. The van der Waals surface area contributed by atoms with Gasteiger partial charge in [0, 0.05) is 13.1 Å². The second-order valence-corrected chi connectivity index (χ2v) is 3.98. The number of ether oxygens (including phenoxy) is 1. The van der Waals surface area contributed by atoms with Crippen molar-refractivity contribution < 1.29 is 18.3 Å². The third kappa shape index (κ3) is 2.35. The molecule has 0 spiro atoms. The first kappa shape index (κ1) is 12.1. The summed E-state index contributed by atoms with van der Waals surface area (Å²) in [6, 6.07) is 2.41. The molecule has 0 aromatic heterocycles. The Morgan fingerprint density at radius 1 is 1.47 bits per heavy atom. The number of carbonyl (C=O) groups is 1. The Balaban J connectivity index is 2.32. The van der Waals surface area contributed by atoms with Crippen molar-refractivity contribution in [2.75, 3.05) is 19.7 Å². The van der Waals surface area contributed by atoms with Crippen LogP contribution in [0.3, 0.4) is 0 Å². The summed E-state index contributed by atoms with van der Waals surface area (Å²) in [6.45, 7) is 2.78. The van der Waals surface area contributed by atoms with Crippen LogP contribution < -0.4 is 5.32 Å². The van der Waals surface area contributed by atoms with Crippen LogP contribution in [-0.2, 0) is 4.74 Å². The number of carbonyl (C=O) groups excluding carboxylic acids is 1. The van der Waals surface area contributed by atoms with Gasteiger partial charge in [-0.1, -0.05) is 6.07 Å². The molecule has 1 fully saturated rings. The lowest BCUT2D eigenvalue weighted by molar-refractivity contribution is 0.0263. The fourth-order valence-corrected chi connectivity index (χ4v) is 1.78. The highest BCUT2D eigenvalue weighted by Gasteiger charge is 2.28. The van der Waals surface area contributed by atoms with Crippen LogP contribution in [0.1, 0.15) is 15.9 Å². The summed E-state index contributed by atoms with van der Waals surface area (Å²) in [5.74, 6) is -2.28. The van der Waals surface area contributed by atoms with Gasteiger partial charge in [-0.25, -0.2) is 8.78 Å². The van der Waals surface area contributed by atoms with Crippen LogP contribution in [0.4, 0.5) is 8.78 Å². The largest absolute Gasteiger partial charge is 0.367 e. The van der Waals surface area contributed by atoms with E-state index in [9.17, 15) is 13.6 Å². The molecule has 3 nitrogen and oxygen atoms in total. The Labute approximate surface area is 97.8 Å². The van der Waals surface area contributed by atoms with Crippen LogP contribution >= 0.6 is 0 Å². The number of hydrogen-bond donors (Lipinski definition) is 1. The topological polar surface area (TPSA) is 38.3 Å². The highest BCUT2D eigenvalue weighted by molar-refractivity contribution is 6.00. The molecule has 1 heterocycles. The Hall–Kier alpha value is -1.33. The van der Waals surface area contributed by atoms with E-state index in [1.807, 2.05) is 0 Å². The molecule has 1 aromatic carbocycles. The van der Waals surface area contributed by atoms with Crippen LogP contribution in [0.15, 0.2) is 12.1 Å². The van der Waals surface area contributed by atoms with Crippen molar-refractivity contribution in [2.24, 2.45) is 0 Å². The predicted octanol–water partition coefficient (Wildman–Crippen LogP) is 1.44. The third-order valence-corrected chi connectivity index (χ3v) is 2.75. The molecular weight excluding hydrogens is 228 g/mol. The van der Waals surface area contributed by atoms with Crippen molar-refractivity contribution in [1.82, 2.24) is 5.32 Å². The van der Waals surface area contributed by atoms with Crippen LogP contribution in [-0.4, -0.2) is 31.6 Å². The molecule has 1 aliphatic rings. The molecule has 0 radical (unpaired) electrons. The summed E-state index contributed by atoms with van der Waals surface area (Å²) in [4.78, 5) is 11.9. The smallest absolute Gasteiger partial charge is 0.198 e. The van der Waals surface area contributed by atoms with Gasteiger partial charge in [-0.15, -0.1) is 0 Å². The molecule has 0 saturated carbocycles. The lowest BCUT2D eigenvalue weighted by atomic mass is 10.0. The zero-order chi connectivity index (χ0) is 12.4. The van der Waals surface area contributed by atoms with E-state index in [1.165, 1.54) is 13.0 Å². The summed E-state index contributed by atoms with van der Waals surface area (Å²) in [7, 11) is 0. The van der Waals surface area contributed by atoms with E-state index in [1.54, 1.807) is 0 Å². The van der Waals surface area contributed by atoms with E-state index < -0.39 is 29.1 Å². The van der Waals surface area contributed by atoms with Gasteiger partial charge in [0.15, 0.2) is 5.78 Å². The molecule has 5 heteroatoms. The number of ketones is 1. The van der Waals surface area contributed by atoms with Crippen LogP contribution in [0, 0.1) is 18.6 Å². The Morgan fingerprint density at radius 2 is 2.24 bits per heavy atom. The van der Waals surface area contributed by atoms with Gasteiger partial charge in [0.05, 0.1) is 12.2 Å². The van der Waals surface area contributed by atoms with Gasteiger partial charge in [-0.3, -0.25) is 4.79 Å². The van der Waals surface area contributed by atoms with Crippen molar-refractivity contribution in [1.29, 1.82) is 0 Å². The first-order chi connectivity index (χ1) is 8.11. The minimum Gasteiger partial charge on any atom is -0.367 e. The molecule has 1 aliphatic heterocycles. The second-order valence-electron chi connectivity index (χ2n) is 3.98. The third-order valence-electron chi connectivity index (χ3n) is 2.75. The molecule has 0 aliphatic carbocycles. The highest BCUT2D eigenvalue weighted by Crippen LogP contribution is 2.19. The molecule has 1 unspecified atom stereocenters. The average molecular weight is 241 g/mol. The van der Waals surface area contributed by atoms with E-state index in [2.05, 4.69) is 5.32 Å². The molecule has 2 rings (SSSR count). The van der Waals surface area contributed by atoms with Gasteiger partial charge in [0.25, 0.3) is 0 Å². The quantitative estimate of drug-likeness (QED) is 0.796. The Morgan fingerprint density at radius 3 is 2.88 bits per heavy atom. The van der Waals surface area contributed by atoms with Gasteiger partial charge in [0.2, 0.25) is 0 Å². The van der Waals surface area contributed by atoms with E-state index in [4.69, 9.17) is 4.74 Å². The monoisotopic (exact) mass is 241 g/mol. The Bertz CT molecular complexity index is 442. The van der Waals surface area contributed by atoms with Crippen LogP contribution in [0.5, 0.6) is 0 Å². The molecule has 1 saturated heterocycles. The molecule has 0 bridgehead atoms. The molecule has 92 valence electrons. The van der Waals surface area contributed by atoms with Crippen molar-refractivity contribution in [3.8, 4) is 0 Å². The number of rotatable bonds is 2. The molecule has 0 amide bonds. The normalized spacial score (nSPS) is 20.3. The number of Topliss-reactive ketones (excluding diaryl/α,β-unsaturated/α-hetero) is 1. The number of benzene rings is 1. The molecular formula is C12H13F2NO2. The van der Waals surface area contributed by atoms with Gasteiger partial charge in [-0.2, -0.15) is 0 Å². The summed E-state index contributed by atoms with van der Waals surface area (Å²) < 4.78 is 32.4. The highest BCUT2D eigenvalue weighted by atomic mass is 19.1. The maximum atomic E-state index is 13.7. The van der Waals surface area contributed by atoms with E-state index >= 15 is 0 Å². The zero-order valence-corrected chi connectivity index (χ0v) is 9.43. The van der Waals surface area contributed by atoms with Gasteiger partial charge in [0.1, 0.15) is 17.7 Å². The molecule has 1 N–H and O–H groups in total. The van der Waals surface area contributed by atoms with Crippen LogP contribution in [0.25, 0.3) is 0 Å². The minimum absolute atomic E-state index is 0.249. The van der Waals surface area contributed by atoms with Crippen LogP contribution in [0.2, 0.25) is 0 Å². The number of aryl methyl sites for hydroxylation is 1.